The van der Waals surface area contributed by atoms with Crippen molar-refractivity contribution < 1.29 is 9.59 Å². The van der Waals surface area contributed by atoms with Gasteiger partial charge in [0, 0.05) is 11.3 Å². The topological polar surface area (TPSA) is 71.1 Å². The maximum Gasteiger partial charge on any atom is 0.256 e. The van der Waals surface area contributed by atoms with Crippen LogP contribution in [-0.4, -0.2) is 16.8 Å². The Bertz CT molecular complexity index is 705. The maximum absolute atomic E-state index is 12.2. The Kier molecular flexibility index (Phi) is 5.06. The molecule has 0 unspecified atom stereocenters. The molecule has 1 heterocycles. The third-order valence-corrected chi connectivity index (χ3v) is 4.19. The number of nitrogens with one attached hydrogen (secondary N) is 2. The van der Waals surface area contributed by atoms with E-state index < -0.39 is 0 Å². The van der Waals surface area contributed by atoms with Gasteiger partial charge in [-0.15, -0.1) is 11.3 Å². The van der Waals surface area contributed by atoms with Crippen LogP contribution in [0.3, 0.4) is 0 Å². The first kappa shape index (κ1) is 15.9. The Balaban J connectivity index is 2.07. The van der Waals surface area contributed by atoms with Gasteiger partial charge in [0.2, 0.25) is 5.91 Å². The number of hydrogen-bond donors (Lipinski definition) is 2. The first-order valence-electron chi connectivity index (χ1n) is 6.84. The van der Waals surface area contributed by atoms with Crippen LogP contribution in [0.15, 0.2) is 36.9 Å². The molecule has 2 amide bonds. The second kappa shape index (κ2) is 7.00. The smallest absolute Gasteiger partial charge is 0.256 e. The lowest BCUT2D eigenvalue weighted by atomic mass is 10.2. The molecule has 0 saturated carbocycles. The largest absolute Gasteiger partial charge is 0.323 e. The molecule has 0 atom stereocenters. The number of anilines is 2. The van der Waals surface area contributed by atoms with Crippen LogP contribution in [0.25, 0.3) is 0 Å². The fourth-order valence-electron chi connectivity index (χ4n) is 1.79. The highest BCUT2D eigenvalue weighted by Crippen LogP contribution is 2.25. The number of thiazole rings is 1. The summed E-state index contributed by atoms with van der Waals surface area (Å²) in [6.45, 7) is 7.29. The van der Waals surface area contributed by atoms with Gasteiger partial charge in [0.15, 0.2) is 0 Å². The van der Waals surface area contributed by atoms with E-state index in [-0.39, 0.29) is 11.8 Å². The molecule has 114 valence electrons. The maximum atomic E-state index is 12.2. The fourth-order valence-corrected chi connectivity index (χ4v) is 2.69. The molecular weight excluding hydrogens is 298 g/mol. The van der Waals surface area contributed by atoms with Gasteiger partial charge in [-0.2, -0.15) is 0 Å². The average molecular weight is 315 g/mol. The molecule has 0 aliphatic heterocycles. The highest BCUT2D eigenvalue weighted by Gasteiger charge is 2.11. The summed E-state index contributed by atoms with van der Waals surface area (Å²) in [5, 5.41) is 7.26. The van der Waals surface area contributed by atoms with Crippen molar-refractivity contribution in [3.8, 4) is 0 Å². The van der Waals surface area contributed by atoms with Gasteiger partial charge in [0.25, 0.3) is 5.91 Å². The van der Waals surface area contributed by atoms with Crippen molar-refractivity contribution >= 4 is 33.8 Å². The number of amides is 2. The van der Waals surface area contributed by atoms with E-state index in [0.29, 0.717) is 11.3 Å². The van der Waals surface area contributed by atoms with Crippen molar-refractivity contribution in [1.82, 2.24) is 4.98 Å². The van der Waals surface area contributed by atoms with Crippen molar-refractivity contribution in [3.05, 3.63) is 53.2 Å². The van der Waals surface area contributed by atoms with Crippen LogP contribution in [0.4, 0.5) is 10.7 Å². The summed E-state index contributed by atoms with van der Waals surface area (Å²) in [6.07, 6.45) is 2.04. The Labute approximate surface area is 133 Å². The number of nitrogens with zero attached hydrogens (tertiary/aromatic N) is 1. The minimum atomic E-state index is -0.287. The third kappa shape index (κ3) is 3.79. The van der Waals surface area contributed by atoms with Crippen molar-refractivity contribution in [3.63, 3.8) is 0 Å². The summed E-state index contributed by atoms with van der Waals surface area (Å²) >= 11 is 1.49. The monoisotopic (exact) mass is 315 g/mol. The molecule has 5 nitrogen and oxygen atoms in total. The standard InChI is InChI=1S/C16H17N3O2S/c1-4-13(20)18-12-8-6-11(7-9-12)15(21)19-16-10(3)17-14(5-2)22-16/h4,6-9H,1,5H2,2-3H3,(H,18,20)(H,19,21). The summed E-state index contributed by atoms with van der Waals surface area (Å²) in [6, 6.07) is 6.66. The lowest BCUT2D eigenvalue weighted by molar-refractivity contribution is -0.111. The van der Waals surface area contributed by atoms with Gasteiger partial charge in [-0.25, -0.2) is 4.98 Å². The number of benzene rings is 1. The minimum Gasteiger partial charge on any atom is -0.323 e. The molecule has 22 heavy (non-hydrogen) atoms. The Morgan fingerprint density at radius 2 is 1.95 bits per heavy atom. The third-order valence-electron chi connectivity index (χ3n) is 2.97. The van der Waals surface area contributed by atoms with Gasteiger partial charge < -0.3 is 10.6 Å². The zero-order valence-corrected chi connectivity index (χ0v) is 13.3. The van der Waals surface area contributed by atoms with Gasteiger partial charge >= 0.3 is 0 Å². The zero-order chi connectivity index (χ0) is 16.1. The van der Waals surface area contributed by atoms with Crippen LogP contribution in [0, 0.1) is 6.92 Å². The average Bonchev–Trinajstić information content (AvgIpc) is 2.88. The molecule has 6 heteroatoms. The lowest BCUT2D eigenvalue weighted by Crippen LogP contribution is -2.12. The molecular formula is C16H17N3O2S. The van der Waals surface area contributed by atoms with Crippen molar-refractivity contribution in [2.24, 2.45) is 0 Å². The molecule has 0 aliphatic carbocycles. The van der Waals surface area contributed by atoms with Crippen LogP contribution >= 0.6 is 11.3 Å². The second-order valence-corrected chi connectivity index (χ2v) is 5.68. The number of carbonyl (C=O) groups is 2. The number of hydrogen-bond acceptors (Lipinski definition) is 4. The molecule has 0 fully saturated rings. The predicted octanol–water partition coefficient (Wildman–Crippen LogP) is 3.39. The first-order chi connectivity index (χ1) is 10.5. The van der Waals surface area contributed by atoms with Crippen LogP contribution in [0.5, 0.6) is 0 Å². The summed E-state index contributed by atoms with van der Waals surface area (Å²) in [5.41, 5.74) is 1.95. The van der Waals surface area contributed by atoms with E-state index in [1.54, 1.807) is 24.3 Å². The van der Waals surface area contributed by atoms with Gasteiger partial charge in [-0.1, -0.05) is 13.5 Å². The van der Waals surface area contributed by atoms with Gasteiger partial charge in [-0.05, 0) is 43.7 Å². The highest BCUT2D eigenvalue weighted by molar-refractivity contribution is 7.16. The molecule has 2 rings (SSSR count). The van der Waals surface area contributed by atoms with E-state index in [1.807, 2.05) is 13.8 Å². The van der Waals surface area contributed by atoms with E-state index in [1.165, 1.54) is 17.4 Å². The molecule has 1 aromatic carbocycles. The molecule has 1 aromatic heterocycles. The van der Waals surface area contributed by atoms with Crippen LogP contribution in [0.1, 0.15) is 28.0 Å². The Morgan fingerprint density at radius 3 is 2.50 bits per heavy atom. The molecule has 2 N–H and O–H groups in total. The van der Waals surface area contributed by atoms with Gasteiger partial charge in [-0.3, -0.25) is 9.59 Å². The van der Waals surface area contributed by atoms with Gasteiger partial charge in [0.05, 0.1) is 10.7 Å². The predicted molar refractivity (Wildman–Crippen MR) is 89.5 cm³/mol. The molecule has 0 radical (unpaired) electrons. The molecule has 0 aliphatic rings. The van der Waals surface area contributed by atoms with Crippen LogP contribution in [0.2, 0.25) is 0 Å². The summed E-state index contributed by atoms with van der Waals surface area (Å²) in [4.78, 5) is 27.8. The number of aromatic nitrogens is 1. The first-order valence-corrected chi connectivity index (χ1v) is 7.66. The SMILES string of the molecule is C=CC(=O)Nc1ccc(C(=O)Nc2sc(CC)nc2C)cc1. The lowest BCUT2D eigenvalue weighted by Gasteiger charge is -2.05. The van der Waals surface area contributed by atoms with E-state index in [0.717, 1.165) is 22.1 Å². The van der Waals surface area contributed by atoms with Crippen LogP contribution in [-0.2, 0) is 11.2 Å². The van der Waals surface area contributed by atoms with E-state index >= 15 is 0 Å². The van der Waals surface area contributed by atoms with Crippen LogP contribution < -0.4 is 10.6 Å². The normalized spacial score (nSPS) is 10.1. The van der Waals surface area contributed by atoms with Gasteiger partial charge in [0.1, 0.15) is 5.00 Å². The molecule has 0 bridgehead atoms. The van der Waals surface area contributed by atoms with E-state index in [9.17, 15) is 9.59 Å². The number of aryl methyl sites for hydroxylation is 2. The number of carbonyl (C=O) groups excluding carboxylic acids is 2. The van der Waals surface area contributed by atoms with Crippen molar-refractivity contribution in [2.75, 3.05) is 10.6 Å². The Hall–Kier alpha value is -2.47. The number of rotatable bonds is 5. The summed E-state index contributed by atoms with van der Waals surface area (Å²) in [5.74, 6) is -0.486. The molecule has 2 aromatic rings. The van der Waals surface area contributed by atoms with E-state index in [2.05, 4.69) is 22.2 Å². The zero-order valence-electron chi connectivity index (χ0n) is 12.5. The summed E-state index contributed by atoms with van der Waals surface area (Å²) in [7, 11) is 0. The van der Waals surface area contributed by atoms with Crippen molar-refractivity contribution in [2.45, 2.75) is 20.3 Å². The van der Waals surface area contributed by atoms with E-state index in [4.69, 9.17) is 0 Å². The highest BCUT2D eigenvalue weighted by atomic mass is 32.1. The molecule has 0 saturated heterocycles. The molecule has 0 spiro atoms. The Morgan fingerprint density at radius 1 is 1.27 bits per heavy atom. The summed E-state index contributed by atoms with van der Waals surface area (Å²) < 4.78 is 0. The minimum absolute atomic E-state index is 0.198. The quantitative estimate of drug-likeness (QED) is 0.831. The second-order valence-electron chi connectivity index (χ2n) is 4.60. The van der Waals surface area contributed by atoms with Crippen molar-refractivity contribution in [1.29, 1.82) is 0 Å². The fraction of sp³-hybridized carbons (Fsp3) is 0.188.